The average molecular weight is 775 g/mol. The Morgan fingerprint density at radius 3 is 2.02 bits per heavy atom. The van der Waals surface area contributed by atoms with Gasteiger partial charge in [-0.25, -0.2) is 9.59 Å². The Bertz CT molecular complexity index is 1930. The summed E-state index contributed by atoms with van der Waals surface area (Å²) in [6.07, 6.45) is -6.08. The largest absolute Gasteiger partial charge is 0.467 e. The highest BCUT2D eigenvalue weighted by atomic mass is 16.7. The minimum Gasteiger partial charge on any atom is -0.467 e. The molecule has 16 nitrogen and oxygen atoms in total. The number of amides is 2. The molecule has 5 atom stereocenters. The number of hydrogen-bond acceptors (Lipinski definition) is 14. The summed E-state index contributed by atoms with van der Waals surface area (Å²) in [7, 11) is 1.06. The summed E-state index contributed by atoms with van der Waals surface area (Å²) in [6, 6.07) is 20.4. The maximum absolute atomic E-state index is 13.2. The van der Waals surface area contributed by atoms with E-state index in [2.05, 4.69) is 10.6 Å². The first-order valence-corrected chi connectivity index (χ1v) is 17.6. The number of carbonyl (C=O) groups is 6. The molecule has 5 rings (SSSR count). The zero-order valence-electron chi connectivity index (χ0n) is 31.1. The minimum absolute atomic E-state index is 0.0535. The van der Waals surface area contributed by atoms with Crippen LogP contribution in [0.1, 0.15) is 49.8 Å². The first kappa shape index (κ1) is 40.9. The van der Waals surface area contributed by atoms with Gasteiger partial charge in [-0.05, 0) is 39.9 Å². The number of hydrogen-bond donors (Lipinski definition) is 3. The van der Waals surface area contributed by atoms with Crippen molar-refractivity contribution in [2.24, 2.45) is 0 Å². The molecule has 1 heterocycles. The molecule has 16 heteroatoms. The van der Waals surface area contributed by atoms with Crippen LogP contribution in [0.2, 0.25) is 0 Å². The Hall–Kier alpha value is -6.26. The standard InChI is InChI=1S/C40H42N2O14/c1-22(44)52-34-35(53-23(2)45)37(54-24(3)46)39(56-36(34)38(48)50-4)55-32-16-15-25(10-9-19-43)20-31(32)42-33(47)17-18-41-40(49)51-21-30-28-13-7-5-11-26(28)27-12-6-8-14-29(27)30/h5-16,20,30,34-37,39,43H,17-19,21H2,1-4H3,(H,41,49)(H,42,47)/b10-9+/t34-,35-,36-,37+,39+/m0/s1. The van der Waals surface area contributed by atoms with Crippen LogP contribution in [0.4, 0.5) is 10.5 Å². The number of rotatable bonds is 14. The molecule has 0 bridgehead atoms. The molecule has 56 heavy (non-hydrogen) atoms. The summed E-state index contributed by atoms with van der Waals surface area (Å²) in [6.45, 7) is 2.91. The van der Waals surface area contributed by atoms with Crippen molar-refractivity contribution in [2.75, 3.05) is 32.2 Å². The molecule has 2 aliphatic rings. The molecule has 1 aliphatic carbocycles. The number of fused-ring (bicyclic) bond motifs is 3. The molecule has 3 aromatic rings. The zero-order chi connectivity index (χ0) is 40.4. The lowest BCUT2D eigenvalue weighted by atomic mass is 9.97. The number of ether oxygens (including phenoxy) is 7. The summed E-state index contributed by atoms with van der Waals surface area (Å²) in [5.41, 5.74) is 4.88. The van der Waals surface area contributed by atoms with Gasteiger partial charge in [-0.15, -0.1) is 0 Å². The second-order valence-corrected chi connectivity index (χ2v) is 12.7. The normalized spacial score (nSPS) is 19.8. The molecule has 2 amide bonds. The quantitative estimate of drug-likeness (QED) is 0.158. The maximum Gasteiger partial charge on any atom is 0.407 e. The van der Waals surface area contributed by atoms with E-state index in [4.69, 9.17) is 33.2 Å². The number of anilines is 1. The number of nitrogens with one attached hydrogen (secondary N) is 2. The lowest BCUT2D eigenvalue weighted by molar-refractivity contribution is -0.282. The number of alkyl carbamates (subject to hydrolysis) is 1. The first-order valence-electron chi connectivity index (χ1n) is 17.6. The van der Waals surface area contributed by atoms with Crippen LogP contribution in [-0.2, 0) is 52.4 Å². The average Bonchev–Trinajstić information content (AvgIpc) is 3.48. The minimum atomic E-state index is -1.71. The van der Waals surface area contributed by atoms with Crippen molar-refractivity contribution >= 4 is 47.6 Å². The fraction of sp³-hybridized carbons (Fsp3) is 0.350. The third-order valence-electron chi connectivity index (χ3n) is 8.74. The van der Waals surface area contributed by atoms with Crippen molar-refractivity contribution in [3.8, 4) is 16.9 Å². The molecule has 0 radical (unpaired) electrons. The maximum atomic E-state index is 13.2. The van der Waals surface area contributed by atoms with Crippen molar-refractivity contribution in [1.29, 1.82) is 0 Å². The van der Waals surface area contributed by atoms with Gasteiger partial charge in [0.05, 0.1) is 19.4 Å². The molecular weight excluding hydrogens is 732 g/mol. The van der Waals surface area contributed by atoms with E-state index < -0.39 is 66.6 Å². The highest BCUT2D eigenvalue weighted by molar-refractivity contribution is 5.93. The molecule has 0 aromatic heterocycles. The van der Waals surface area contributed by atoms with Gasteiger partial charge in [0, 0.05) is 39.7 Å². The molecule has 296 valence electrons. The predicted octanol–water partition coefficient (Wildman–Crippen LogP) is 3.63. The topological polar surface area (TPSA) is 211 Å². The Morgan fingerprint density at radius 2 is 1.41 bits per heavy atom. The fourth-order valence-corrected chi connectivity index (χ4v) is 6.48. The fourth-order valence-electron chi connectivity index (χ4n) is 6.48. The number of methoxy groups -OCH3 is 1. The van der Waals surface area contributed by atoms with E-state index in [-0.39, 0.29) is 43.5 Å². The summed E-state index contributed by atoms with van der Waals surface area (Å²) >= 11 is 0. The molecular formula is C40H42N2O14. The van der Waals surface area contributed by atoms with E-state index in [1.165, 1.54) is 18.2 Å². The van der Waals surface area contributed by atoms with E-state index in [9.17, 15) is 33.9 Å². The summed E-state index contributed by atoms with van der Waals surface area (Å²) in [5, 5.41) is 14.6. The van der Waals surface area contributed by atoms with Crippen molar-refractivity contribution in [2.45, 2.75) is 63.8 Å². The van der Waals surface area contributed by atoms with Gasteiger partial charge >= 0.3 is 30.0 Å². The Kier molecular flexibility index (Phi) is 13.8. The molecule has 0 unspecified atom stereocenters. The Morgan fingerprint density at radius 1 is 0.804 bits per heavy atom. The van der Waals surface area contributed by atoms with E-state index in [0.29, 0.717) is 5.56 Å². The van der Waals surface area contributed by atoms with Crippen LogP contribution in [0.3, 0.4) is 0 Å². The molecule has 3 N–H and O–H groups in total. The predicted molar refractivity (Wildman–Crippen MR) is 197 cm³/mol. The number of aliphatic hydroxyl groups excluding tert-OH is 1. The molecule has 0 spiro atoms. The molecule has 1 aliphatic heterocycles. The molecule has 1 fully saturated rings. The van der Waals surface area contributed by atoms with E-state index in [1.54, 1.807) is 12.1 Å². The Balaban J connectivity index is 1.29. The SMILES string of the molecule is COC(=O)[C@H]1O[C@@H](Oc2ccc(/C=C/CO)cc2NC(=O)CCNC(=O)OCC2c3ccccc3-c3ccccc32)[C@H](OC(C)=O)[C@@H](OC(C)=O)[C@@H]1OC(C)=O. The van der Waals surface area contributed by atoms with Gasteiger partial charge in [0.2, 0.25) is 18.3 Å². The highest BCUT2D eigenvalue weighted by Gasteiger charge is 2.56. The van der Waals surface area contributed by atoms with E-state index >= 15 is 0 Å². The van der Waals surface area contributed by atoms with Crippen LogP contribution < -0.4 is 15.4 Å². The van der Waals surface area contributed by atoms with Crippen LogP contribution in [0, 0.1) is 0 Å². The van der Waals surface area contributed by atoms with Crippen LogP contribution in [0.5, 0.6) is 5.75 Å². The van der Waals surface area contributed by atoms with Gasteiger partial charge in [-0.1, -0.05) is 66.7 Å². The number of aliphatic hydroxyl groups is 1. The van der Waals surface area contributed by atoms with Gasteiger partial charge in [-0.2, -0.15) is 0 Å². The van der Waals surface area contributed by atoms with Crippen molar-refractivity contribution < 1.29 is 67.0 Å². The van der Waals surface area contributed by atoms with Gasteiger partial charge in [0.1, 0.15) is 12.4 Å². The van der Waals surface area contributed by atoms with Gasteiger partial charge in [-0.3, -0.25) is 19.2 Å². The second-order valence-electron chi connectivity index (χ2n) is 12.7. The third kappa shape index (κ3) is 10.1. The molecule has 0 saturated carbocycles. The monoisotopic (exact) mass is 774 g/mol. The smallest absolute Gasteiger partial charge is 0.407 e. The number of esters is 4. The van der Waals surface area contributed by atoms with Gasteiger partial charge in [0.25, 0.3) is 0 Å². The molecule has 1 saturated heterocycles. The lowest BCUT2D eigenvalue weighted by Crippen LogP contribution is -2.64. The summed E-state index contributed by atoms with van der Waals surface area (Å²) in [5.74, 6) is -4.37. The first-order chi connectivity index (χ1) is 26.9. The second kappa shape index (κ2) is 18.9. The van der Waals surface area contributed by atoms with Crippen LogP contribution >= 0.6 is 0 Å². The highest BCUT2D eigenvalue weighted by Crippen LogP contribution is 2.44. The van der Waals surface area contributed by atoms with Crippen molar-refractivity contribution in [1.82, 2.24) is 5.32 Å². The summed E-state index contributed by atoms with van der Waals surface area (Å²) in [4.78, 5) is 75.3. The number of carbonyl (C=O) groups excluding carboxylic acids is 6. The zero-order valence-corrected chi connectivity index (χ0v) is 31.1. The van der Waals surface area contributed by atoms with Crippen LogP contribution in [0.25, 0.3) is 17.2 Å². The Labute approximate surface area is 322 Å². The van der Waals surface area contributed by atoms with E-state index in [0.717, 1.165) is 50.1 Å². The lowest BCUT2D eigenvalue weighted by Gasteiger charge is -2.43. The van der Waals surface area contributed by atoms with Gasteiger partial charge in [0.15, 0.2) is 18.3 Å². The third-order valence-corrected chi connectivity index (χ3v) is 8.74. The summed E-state index contributed by atoms with van der Waals surface area (Å²) < 4.78 is 38.5. The van der Waals surface area contributed by atoms with Crippen molar-refractivity contribution in [3.05, 3.63) is 89.5 Å². The molecule has 3 aromatic carbocycles. The van der Waals surface area contributed by atoms with E-state index in [1.807, 2.05) is 48.5 Å². The van der Waals surface area contributed by atoms with Gasteiger partial charge < -0.3 is 48.9 Å². The number of benzene rings is 3. The van der Waals surface area contributed by atoms with Crippen LogP contribution in [0.15, 0.2) is 72.8 Å². The van der Waals surface area contributed by atoms with Crippen LogP contribution in [-0.4, -0.2) is 98.6 Å². The van der Waals surface area contributed by atoms with Crippen molar-refractivity contribution in [3.63, 3.8) is 0 Å².